The Balaban J connectivity index is 3.66. The van der Waals surface area contributed by atoms with Crippen molar-refractivity contribution in [3.63, 3.8) is 0 Å². The van der Waals surface area contributed by atoms with Gasteiger partial charge in [0.05, 0.1) is 19.3 Å². The summed E-state index contributed by atoms with van der Waals surface area (Å²) >= 11 is 0. The third kappa shape index (κ3) is 6.33. The molecule has 3 heteroatoms. The molecule has 0 aromatic heterocycles. The van der Waals surface area contributed by atoms with Crippen LogP contribution in [0.4, 0.5) is 0 Å². The van der Waals surface area contributed by atoms with Gasteiger partial charge in [0.2, 0.25) is 0 Å². The number of ether oxygens (including phenoxy) is 1. The van der Waals surface area contributed by atoms with Crippen molar-refractivity contribution in [1.82, 2.24) is 0 Å². The lowest BCUT2D eigenvalue weighted by Gasteiger charge is -2.29. The van der Waals surface area contributed by atoms with Crippen molar-refractivity contribution >= 4 is 8.32 Å². The van der Waals surface area contributed by atoms with Crippen LogP contribution in [-0.2, 0) is 9.16 Å². The van der Waals surface area contributed by atoms with Gasteiger partial charge < -0.3 is 9.16 Å². The molecule has 0 N–H and O–H groups in total. The zero-order valence-electron chi connectivity index (χ0n) is 11.3. The second kappa shape index (κ2) is 7.42. The summed E-state index contributed by atoms with van der Waals surface area (Å²) in [6.45, 7) is 14.9. The van der Waals surface area contributed by atoms with Gasteiger partial charge in [-0.3, -0.25) is 0 Å². The van der Waals surface area contributed by atoms with Gasteiger partial charge in [-0.25, -0.2) is 0 Å². The molecule has 0 saturated heterocycles. The van der Waals surface area contributed by atoms with Gasteiger partial charge >= 0.3 is 0 Å². The zero-order valence-corrected chi connectivity index (χ0v) is 12.3. The van der Waals surface area contributed by atoms with Gasteiger partial charge in [-0.2, -0.15) is 0 Å². The van der Waals surface area contributed by atoms with E-state index in [0.29, 0.717) is 6.10 Å². The molecule has 2 unspecified atom stereocenters. The van der Waals surface area contributed by atoms with Crippen molar-refractivity contribution < 1.29 is 9.16 Å². The molecule has 0 aromatic rings. The third-order valence-electron chi connectivity index (χ3n) is 3.33. The largest absolute Gasteiger partial charge is 0.415 e. The smallest absolute Gasteiger partial charge is 0.189 e. The van der Waals surface area contributed by atoms with E-state index in [9.17, 15) is 0 Å². The van der Waals surface area contributed by atoms with E-state index in [0.717, 1.165) is 25.2 Å². The Kier molecular flexibility index (Phi) is 7.48. The molecule has 2 atom stereocenters. The second-order valence-electron chi connectivity index (χ2n) is 4.85. The highest BCUT2D eigenvalue weighted by Crippen LogP contribution is 2.25. The summed E-state index contributed by atoms with van der Waals surface area (Å²) in [7, 11) is -1.47. The normalized spacial score (nSPS) is 16.4. The summed E-state index contributed by atoms with van der Waals surface area (Å²) in [4.78, 5) is 0. The van der Waals surface area contributed by atoms with Crippen LogP contribution in [0.5, 0.6) is 0 Å². The topological polar surface area (TPSA) is 18.5 Å². The molecule has 15 heavy (non-hydrogen) atoms. The highest BCUT2D eigenvalue weighted by Gasteiger charge is 2.28. The van der Waals surface area contributed by atoms with Gasteiger partial charge in [0, 0.05) is 0 Å². The molecule has 0 aliphatic rings. The van der Waals surface area contributed by atoms with Gasteiger partial charge in [-0.15, -0.1) is 0 Å². The average Bonchev–Trinajstić information content (AvgIpc) is 2.22. The van der Waals surface area contributed by atoms with Crippen molar-refractivity contribution in [3.05, 3.63) is 0 Å². The number of hydrogen-bond acceptors (Lipinski definition) is 2. The molecule has 0 heterocycles. The van der Waals surface area contributed by atoms with Crippen molar-refractivity contribution in [2.24, 2.45) is 0 Å². The van der Waals surface area contributed by atoms with Crippen LogP contribution in [-0.4, -0.2) is 27.6 Å². The molecule has 0 aliphatic carbocycles. The molecular weight excluding hydrogens is 204 g/mol. The van der Waals surface area contributed by atoms with E-state index in [-0.39, 0.29) is 0 Å². The van der Waals surface area contributed by atoms with Gasteiger partial charge in [0.15, 0.2) is 8.32 Å². The zero-order chi connectivity index (χ0) is 11.9. The van der Waals surface area contributed by atoms with Crippen molar-refractivity contribution in [2.75, 3.05) is 13.2 Å². The van der Waals surface area contributed by atoms with Crippen LogP contribution >= 0.6 is 0 Å². The molecule has 0 saturated carbocycles. The first-order chi connectivity index (χ1) is 6.94. The van der Waals surface area contributed by atoms with Crippen LogP contribution in [0.25, 0.3) is 0 Å². The van der Waals surface area contributed by atoms with Crippen LogP contribution in [0.15, 0.2) is 0 Å². The minimum absolute atomic E-state index is 0.363. The summed E-state index contributed by atoms with van der Waals surface area (Å²) in [5.41, 5.74) is 0.723. The summed E-state index contributed by atoms with van der Waals surface area (Å²) in [6.07, 6.45) is 2.65. The summed E-state index contributed by atoms with van der Waals surface area (Å²) in [5, 5.41) is 0. The fraction of sp³-hybridized carbons (Fsp3) is 1.00. The Hall–Kier alpha value is 0.137. The molecule has 0 amide bonds. The molecule has 0 spiro atoms. The first-order valence-corrected chi connectivity index (χ1v) is 9.18. The van der Waals surface area contributed by atoms with E-state index in [1.165, 1.54) is 6.42 Å². The first kappa shape index (κ1) is 15.1. The lowest BCUT2D eigenvalue weighted by molar-refractivity contribution is 0.0404. The predicted octanol–water partition coefficient (Wildman–Crippen LogP) is 3.82. The summed E-state index contributed by atoms with van der Waals surface area (Å²) in [6, 6.07) is 0. The van der Waals surface area contributed by atoms with Crippen LogP contribution in [0.3, 0.4) is 0 Å². The van der Waals surface area contributed by atoms with E-state index >= 15 is 0 Å². The fourth-order valence-corrected chi connectivity index (χ4v) is 3.18. The number of rotatable bonds is 8. The van der Waals surface area contributed by atoms with E-state index in [1.807, 2.05) is 0 Å². The third-order valence-corrected chi connectivity index (χ3v) is 7.06. The minimum atomic E-state index is -1.47. The molecular formula is C12H28O2Si. The highest BCUT2D eigenvalue weighted by atomic mass is 28.4. The van der Waals surface area contributed by atoms with Crippen LogP contribution in [0, 0.1) is 0 Å². The van der Waals surface area contributed by atoms with Gasteiger partial charge in [-0.1, -0.05) is 27.2 Å². The van der Waals surface area contributed by atoms with Crippen LogP contribution in [0.1, 0.15) is 40.5 Å². The quantitative estimate of drug-likeness (QED) is 0.468. The molecule has 2 nitrogen and oxygen atoms in total. The minimum Gasteiger partial charge on any atom is -0.415 e. The Morgan fingerprint density at radius 1 is 1.00 bits per heavy atom. The summed E-state index contributed by atoms with van der Waals surface area (Å²) in [5.74, 6) is 0. The van der Waals surface area contributed by atoms with Gasteiger partial charge in [-0.05, 0) is 32.0 Å². The Morgan fingerprint density at radius 3 is 2.07 bits per heavy atom. The van der Waals surface area contributed by atoms with Crippen molar-refractivity contribution in [3.8, 4) is 0 Å². The number of hydrogen-bond donors (Lipinski definition) is 0. The van der Waals surface area contributed by atoms with Crippen LogP contribution in [0.2, 0.25) is 18.6 Å². The van der Waals surface area contributed by atoms with Crippen molar-refractivity contribution in [2.45, 2.75) is 65.3 Å². The van der Waals surface area contributed by atoms with E-state index in [2.05, 4.69) is 40.8 Å². The highest BCUT2D eigenvalue weighted by molar-refractivity contribution is 6.72. The van der Waals surface area contributed by atoms with E-state index in [1.54, 1.807) is 0 Å². The Bertz CT molecular complexity index is 160. The fourth-order valence-electron chi connectivity index (χ4n) is 1.31. The van der Waals surface area contributed by atoms with E-state index in [4.69, 9.17) is 9.16 Å². The van der Waals surface area contributed by atoms with Crippen LogP contribution < -0.4 is 0 Å². The Labute approximate surface area is 96.5 Å². The van der Waals surface area contributed by atoms with Gasteiger partial charge in [0.25, 0.3) is 0 Å². The lowest BCUT2D eigenvalue weighted by Crippen LogP contribution is -2.36. The van der Waals surface area contributed by atoms with E-state index < -0.39 is 8.32 Å². The average molecular weight is 232 g/mol. The molecule has 0 bridgehead atoms. The molecule has 0 fully saturated rings. The maximum absolute atomic E-state index is 5.99. The monoisotopic (exact) mass is 232 g/mol. The second-order valence-corrected chi connectivity index (χ2v) is 9.33. The van der Waals surface area contributed by atoms with Crippen molar-refractivity contribution in [1.29, 1.82) is 0 Å². The lowest BCUT2D eigenvalue weighted by atomic mass is 10.3. The van der Waals surface area contributed by atoms with Gasteiger partial charge in [0.1, 0.15) is 0 Å². The maximum atomic E-state index is 5.99. The SMILES string of the molecule is CCC(C)OCCO[Si](C)(C)C(C)CC. The molecule has 92 valence electrons. The Morgan fingerprint density at radius 2 is 1.60 bits per heavy atom. The first-order valence-electron chi connectivity index (χ1n) is 6.19. The predicted molar refractivity (Wildman–Crippen MR) is 68.9 cm³/mol. The molecule has 0 rings (SSSR count). The molecule has 0 radical (unpaired) electrons. The molecule has 0 aromatic carbocycles. The standard InChI is InChI=1S/C12H28O2Si/c1-7-11(3)13-9-10-14-15(5,6)12(4)8-2/h11-12H,7-10H2,1-6H3. The molecule has 0 aliphatic heterocycles. The maximum Gasteiger partial charge on any atom is 0.189 e. The summed E-state index contributed by atoms with van der Waals surface area (Å²) < 4.78 is 11.6.